The highest BCUT2D eigenvalue weighted by atomic mass is 79.9. The van der Waals surface area contributed by atoms with E-state index in [1.807, 2.05) is 38.2 Å². The molecule has 0 amide bonds. The molecule has 0 spiro atoms. The Morgan fingerprint density at radius 3 is 2.94 bits per heavy atom. The topological polar surface area (TPSA) is 36.9 Å². The highest BCUT2D eigenvalue weighted by Gasteiger charge is 2.13. The summed E-state index contributed by atoms with van der Waals surface area (Å²) in [6, 6.07) is 7.88. The molecule has 0 bridgehead atoms. The molecule has 4 nitrogen and oxygen atoms in total. The molecule has 1 aromatic carbocycles. The first-order chi connectivity index (χ1) is 8.66. The summed E-state index contributed by atoms with van der Waals surface area (Å²) in [5, 5.41) is 3.31. The van der Waals surface area contributed by atoms with Crippen LogP contribution in [0.2, 0.25) is 0 Å². The van der Waals surface area contributed by atoms with Gasteiger partial charge in [0.25, 0.3) is 0 Å². The van der Waals surface area contributed by atoms with Crippen LogP contribution in [0.5, 0.6) is 5.75 Å². The second-order valence-corrected chi connectivity index (χ2v) is 5.22. The van der Waals surface area contributed by atoms with Crippen molar-refractivity contribution >= 4 is 21.9 Å². The molecule has 18 heavy (non-hydrogen) atoms. The number of nitrogens with one attached hydrogen (secondary N) is 1. The van der Waals surface area contributed by atoms with Crippen molar-refractivity contribution in [3.63, 3.8) is 0 Å². The van der Waals surface area contributed by atoms with E-state index < -0.39 is 0 Å². The normalized spacial score (nSPS) is 16.4. The van der Waals surface area contributed by atoms with Gasteiger partial charge in [-0.25, -0.2) is 0 Å². The third-order valence-corrected chi connectivity index (χ3v) is 3.43. The van der Waals surface area contributed by atoms with Crippen LogP contribution in [-0.4, -0.2) is 43.6 Å². The zero-order chi connectivity index (χ0) is 13.0. The quantitative estimate of drug-likeness (QED) is 0.925. The highest BCUT2D eigenvalue weighted by molar-refractivity contribution is 9.10. The van der Waals surface area contributed by atoms with E-state index in [-0.39, 0.29) is 6.10 Å². The molecule has 1 N–H and O–H groups in total. The monoisotopic (exact) mass is 311 g/mol. The number of guanidine groups is 1. The zero-order valence-corrected chi connectivity index (χ0v) is 12.3. The van der Waals surface area contributed by atoms with Crippen LogP contribution in [0.3, 0.4) is 0 Å². The van der Waals surface area contributed by atoms with Crippen molar-refractivity contribution in [3.8, 4) is 5.75 Å². The van der Waals surface area contributed by atoms with Crippen molar-refractivity contribution in [3.05, 3.63) is 28.7 Å². The number of aliphatic imine (C=N–C) groups is 1. The van der Waals surface area contributed by atoms with E-state index in [0.29, 0.717) is 0 Å². The number of halogens is 1. The molecule has 2 rings (SSSR count). The molecule has 5 heteroatoms. The van der Waals surface area contributed by atoms with Crippen molar-refractivity contribution in [1.29, 1.82) is 0 Å². The van der Waals surface area contributed by atoms with Crippen LogP contribution in [0.15, 0.2) is 33.7 Å². The molecule has 0 aliphatic carbocycles. The Morgan fingerprint density at radius 1 is 1.50 bits per heavy atom. The number of ether oxygens (including phenoxy) is 1. The summed E-state index contributed by atoms with van der Waals surface area (Å²) in [4.78, 5) is 6.50. The Hall–Kier alpha value is -1.23. The second-order valence-electron chi connectivity index (χ2n) is 4.37. The summed E-state index contributed by atoms with van der Waals surface area (Å²) < 4.78 is 6.84. The Kier molecular flexibility index (Phi) is 4.47. The Labute approximate surface area is 116 Å². The molecule has 0 aromatic heterocycles. The number of nitrogens with zero attached hydrogens (tertiary/aromatic N) is 2. The summed E-state index contributed by atoms with van der Waals surface area (Å²) in [7, 11) is 2.04. The van der Waals surface area contributed by atoms with Gasteiger partial charge in [0.1, 0.15) is 11.9 Å². The van der Waals surface area contributed by atoms with Gasteiger partial charge in [-0.15, -0.1) is 0 Å². The highest BCUT2D eigenvalue weighted by Crippen LogP contribution is 2.24. The van der Waals surface area contributed by atoms with Gasteiger partial charge in [-0.05, 0) is 35.0 Å². The molecule has 0 saturated heterocycles. The number of rotatable bonds is 4. The molecular weight excluding hydrogens is 294 g/mol. The van der Waals surface area contributed by atoms with Gasteiger partial charge in [0.15, 0.2) is 5.96 Å². The summed E-state index contributed by atoms with van der Waals surface area (Å²) >= 11 is 3.47. The first-order valence-corrected chi connectivity index (χ1v) is 6.87. The maximum absolute atomic E-state index is 5.86. The van der Waals surface area contributed by atoms with Crippen LogP contribution in [0, 0.1) is 0 Å². The molecule has 1 unspecified atom stereocenters. The van der Waals surface area contributed by atoms with Gasteiger partial charge in [0, 0.05) is 13.6 Å². The summed E-state index contributed by atoms with van der Waals surface area (Å²) in [5.74, 6) is 1.83. The minimum absolute atomic E-state index is 0.0837. The molecule has 0 fully saturated rings. The molecule has 1 heterocycles. The van der Waals surface area contributed by atoms with Crippen LogP contribution >= 0.6 is 15.9 Å². The minimum Gasteiger partial charge on any atom is -0.488 e. The van der Waals surface area contributed by atoms with Crippen LogP contribution in [0.25, 0.3) is 0 Å². The summed E-state index contributed by atoms with van der Waals surface area (Å²) in [6.45, 7) is 4.65. The first-order valence-electron chi connectivity index (χ1n) is 6.07. The van der Waals surface area contributed by atoms with Crippen LogP contribution in [0.1, 0.15) is 6.92 Å². The van der Waals surface area contributed by atoms with E-state index in [9.17, 15) is 0 Å². The summed E-state index contributed by atoms with van der Waals surface area (Å²) in [5.41, 5.74) is 0. The molecule has 1 aliphatic rings. The van der Waals surface area contributed by atoms with E-state index in [1.54, 1.807) is 0 Å². The maximum atomic E-state index is 5.86. The molecule has 98 valence electrons. The molecule has 1 aromatic rings. The van der Waals surface area contributed by atoms with Crippen molar-refractivity contribution < 1.29 is 4.74 Å². The van der Waals surface area contributed by atoms with E-state index in [1.165, 1.54) is 0 Å². The maximum Gasteiger partial charge on any atom is 0.193 e. The van der Waals surface area contributed by atoms with Crippen LogP contribution < -0.4 is 10.1 Å². The van der Waals surface area contributed by atoms with Gasteiger partial charge in [0.05, 0.1) is 17.6 Å². The Bertz CT molecular complexity index is 436. The van der Waals surface area contributed by atoms with E-state index >= 15 is 0 Å². The van der Waals surface area contributed by atoms with Crippen molar-refractivity contribution in [1.82, 2.24) is 10.2 Å². The zero-order valence-electron chi connectivity index (χ0n) is 10.7. The Balaban J connectivity index is 1.82. The van der Waals surface area contributed by atoms with Crippen LogP contribution in [0.4, 0.5) is 0 Å². The lowest BCUT2D eigenvalue weighted by molar-refractivity contribution is 0.221. The molecular formula is C13H18BrN3O. The van der Waals surface area contributed by atoms with Crippen LogP contribution in [-0.2, 0) is 0 Å². The fourth-order valence-electron chi connectivity index (χ4n) is 1.76. The van der Waals surface area contributed by atoms with Crippen molar-refractivity contribution in [2.75, 3.05) is 26.7 Å². The molecule has 1 aliphatic heterocycles. The number of hydrogen-bond donors (Lipinski definition) is 1. The number of benzene rings is 1. The average molecular weight is 312 g/mol. The Morgan fingerprint density at radius 2 is 2.28 bits per heavy atom. The minimum atomic E-state index is 0.0837. The van der Waals surface area contributed by atoms with E-state index in [2.05, 4.69) is 31.1 Å². The fraction of sp³-hybridized carbons (Fsp3) is 0.462. The van der Waals surface area contributed by atoms with Gasteiger partial charge in [-0.1, -0.05) is 12.1 Å². The molecule has 0 saturated carbocycles. The second kappa shape index (κ2) is 6.09. The summed E-state index contributed by atoms with van der Waals surface area (Å²) in [6.07, 6.45) is 0.0837. The third kappa shape index (κ3) is 3.38. The SMILES string of the molecule is CC(CNC1=NCCN1C)Oc1ccccc1Br. The fourth-order valence-corrected chi connectivity index (χ4v) is 2.14. The van der Waals surface area contributed by atoms with Gasteiger partial charge in [-0.3, -0.25) is 4.99 Å². The number of para-hydroxylation sites is 1. The van der Waals surface area contributed by atoms with Gasteiger partial charge >= 0.3 is 0 Å². The average Bonchev–Trinajstić information content (AvgIpc) is 2.75. The van der Waals surface area contributed by atoms with E-state index in [4.69, 9.17) is 4.74 Å². The third-order valence-electron chi connectivity index (χ3n) is 2.77. The standard InChI is InChI=1S/C13H18BrN3O/c1-10(9-16-13-15-7-8-17(13)2)18-12-6-4-3-5-11(12)14/h3-6,10H,7-9H2,1-2H3,(H,15,16). The van der Waals surface area contributed by atoms with Gasteiger partial charge < -0.3 is 15.0 Å². The van der Waals surface area contributed by atoms with Gasteiger partial charge in [0.2, 0.25) is 0 Å². The van der Waals surface area contributed by atoms with E-state index in [0.717, 1.165) is 35.8 Å². The largest absolute Gasteiger partial charge is 0.488 e. The van der Waals surface area contributed by atoms with Gasteiger partial charge in [-0.2, -0.15) is 0 Å². The first kappa shape index (κ1) is 13.2. The molecule has 1 atom stereocenters. The predicted molar refractivity (Wildman–Crippen MR) is 77.2 cm³/mol. The lowest BCUT2D eigenvalue weighted by Gasteiger charge is -2.19. The number of hydrogen-bond acceptors (Lipinski definition) is 4. The lowest BCUT2D eigenvalue weighted by Crippen LogP contribution is -2.40. The lowest BCUT2D eigenvalue weighted by atomic mass is 10.3. The molecule has 0 radical (unpaired) electrons. The van der Waals surface area contributed by atoms with Crippen molar-refractivity contribution in [2.45, 2.75) is 13.0 Å². The smallest absolute Gasteiger partial charge is 0.193 e. The number of likely N-dealkylation sites (N-methyl/N-ethyl adjacent to an activating group) is 1. The van der Waals surface area contributed by atoms with Crippen molar-refractivity contribution in [2.24, 2.45) is 4.99 Å². The predicted octanol–water partition coefficient (Wildman–Crippen LogP) is 2.11.